The van der Waals surface area contributed by atoms with Gasteiger partial charge in [-0.1, -0.05) is 17.8 Å². The Labute approximate surface area is 197 Å². The molecule has 1 heterocycles. The summed E-state index contributed by atoms with van der Waals surface area (Å²) in [5.74, 6) is 1.37. The molecule has 1 aromatic rings. The van der Waals surface area contributed by atoms with Crippen molar-refractivity contribution < 1.29 is 14.5 Å². The summed E-state index contributed by atoms with van der Waals surface area (Å²) in [4.78, 5) is 37.3. The number of hydrazine groups is 1. The van der Waals surface area contributed by atoms with Crippen LogP contribution in [0.15, 0.2) is 27.6 Å². The molecule has 5 aliphatic rings. The molecule has 10 heteroatoms. The van der Waals surface area contributed by atoms with Crippen LogP contribution in [0.5, 0.6) is 0 Å². The molecule has 5 fully saturated rings. The fraction of sp³-hybridized carbons (Fsp3) is 0.476. The number of nitro groups is 1. The summed E-state index contributed by atoms with van der Waals surface area (Å²) in [5, 5.41) is 12.3. The molecule has 0 spiro atoms. The van der Waals surface area contributed by atoms with Crippen molar-refractivity contribution in [3.8, 4) is 0 Å². The SMILES string of the molecule is O=C1/C(=C/c2ccc(Br)c([N+](=O)[O-])c2)SC(=S)N1NC(=O)C12CC3CC(CC(C3)C1)C2. The van der Waals surface area contributed by atoms with Crippen molar-refractivity contribution >= 4 is 67.8 Å². The minimum atomic E-state index is -0.488. The Morgan fingerprint density at radius 3 is 2.45 bits per heavy atom. The van der Waals surface area contributed by atoms with E-state index < -0.39 is 10.8 Å². The summed E-state index contributed by atoms with van der Waals surface area (Å²) in [6.45, 7) is 0. The predicted molar refractivity (Wildman–Crippen MR) is 125 cm³/mol. The van der Waals surface area contributed by atoms with E-state index in [1.54, 1.807) is 18.2 Å². The number of hydrogen-bond donors (Lipinski definition) is 1. The average Bonchev–Trinajstić information content (AvgIpc) is 2.95. The van der Waals surface area contributed by atoms with Crippen molar-refractivity contribution in [2.24, 2.45) is 23.2 Å². The highest BCUT2D eigenvalue weighted by Crippen LogP contribution is 2.60. The summed E-state index contributed by atoms with van der Waals surface area (Å²) < 4.78 is 0.631. The Hall–Kier alpha value is -1.78. The Morgan fingerprint density at radius 1 is 1.26 bits per heavy atom. The molecule has 0 unspecified atom stereocenters. The van der Waals surface area contributed by atoms with Gasteiger partial charge in [-0.2, -0.15) is 5.01 Å². The van der Waals surface area contributed by atoms with E-state index in [9.17, 15) is 19.7 Å². The molecular formula is C21H20BrN3O4S2. The third-order valence-corrected chi connectivity index (χ3v) is 8.96. The molecule has 4 aliphatic carbocycles. The van der Waals surface area contributed by atoms with Gasteiger partial charge >= 0.3 is 0 Å². The van der Waals surface area contributed by atoms with E-state index in [4.69, 9.17) is 12.2 Å². The molecule has 4 bridgehead atoms. The zero-order valence-corrected chi connectivity index (χ0v) is 19.7. The highest BCUT2D eigenvalue weighted by molar-refractivity contribution is 9.10. The summed E-state index contributed by atoms with van der Waals surface area (Å²) >= 11 is 9.60. The smallest absolute Gasteiger partial charge is 0.273 e. The van der Waals surface area contributed by atoms with Crippen LogP contribution in [0.25, 0.3) is 6.08 Å². The van der Waals surface area contributed by atoms with Crippen LogP contribution in [0.2, 0.25) is 0 Å². The van der Waals surface area contributed by atoms with E-state index in [1.165, 1.54) is 30.3 Å². The molecule has 0 atom stereocenters. The van der Waals surface area contributed by atoms with Crippen LogP contribution in [0.4, 0.5) is 5.69 Å². The fourth-order valence-electron chi connectivity index (χ4n) is 6.08. The molecule has 1 aromatic carbocycles. The third kappa shape index (κ3) is 3.72. The normalized spacial score (nSPS) is 32.7. The Morgan fingerprint density at radius 2 is 1.87 bits per heavy atom. The number of rotatable bonds is 4. The lowest BCUT2D eigenvalue weighted by molar-refractivity contribution is -0.385. The van der Waals surface area contributed by atoms with Crippen molar-refractivity contribution in [2.75, 3.05) is 0 Å². The van der Waals surface area contributed by atoms with Gasteiger partial charge < -0.3 is 0 Å². The Bertz CT molecular complexity index is 1020. The first-order valence-corrected chi connectivity index (χ1v) is 12.3. The molecule has 0 aromatic heterocycles. The summed E-state index contributed by atoms with van der Waals surface area (Å²) in [6.07, 6.45) is 7.96. The molecule has 162 valence electrons. The highest BCUT2D eigenvalue weighted by Gasteiger charge is 2.55. The van der Waals surface area contributed by atoms with Gasteiger partial charge in [0.15, 0.2) is 4.32 Å². The first-order chi connectivity index (χ1) is 14.7. The van der Waals surface area contributed by atoms with Crippen LogP contribution in [0.3, 0.4) is 0 Å². The number of carbonyl (C=O) groups excluding carboxylic acids is 2. The number of thiocarbonyl (C=S) groups is 1. The number of nitrogens with zero attached hydrogens (tertiary/aromatic N) is 2. The van der Waals surface area contributed by atoms with Crippen LogP contribution in [-0.2, 0) is 9.59 Å². The quantitative estimate of drug-likeness (QED) is 0.264. The van der Waals surface area contributed by atoms with Crippen LogP contribution in [-0.4, -0.2) is 26.1 Å². The number of thioether (sulfide) groups is 1. The Balaban J connectivity index is 1.34. The predicted octanol–water partition coefficient (Wildman–Crippen LogP) is 4.81. The largest absolute Gasteiger partial charge is 0.285 e. The van der Waals surface area contributed by atoms with E-state index in [0.717, 1.165) is 31.0 Å². The van der Waals surface area contributed by atoms with E-state index >= 15 is 0 Å². The van der Waals surface area contributed by atoms with Gasteiger partial charge in [-0.25, -0.2) is 0 Å². The second-order valence-electron chi connectivity index (χ2n) is 9.12. The first-order valence-electron chi connectivity index (χ1n) is 10.3. The summed E-state index contributed by atoms with van der Waals surface area (Å²) in [5.41, 5.74) is 2.87. The maximum absolute atomic E-state index is 13.3. The van der Waals surface area contributed by atoms with Crippen molar-refractivity contribution in [2.45, 2.75) is 38.5 Å². The van der Waals surface area contributed by atoms with E-state index in [2.05, 4.69) is 21.4 Å². The van der Waals surface area contributed by atoms with Crippen molar-refractivity contribution in [1.29, 1.82) is 0 Å². The zero-order valence-electron chi connectivity index (χ0n) is 16.5. The van der Waals surface area contributed by atoms with Crippen molar-refractivity contribution in [3.05, 3.63) is 43.3 Å². The lowest BCUT2D eigenvalue weighted by atomic mass is 9.49. The van der Waals surface area contributed by atoms with Gasteiger partial charge in [-0.15, -0.1) is 0 Å². The zero-order chi connectivity index (χ0) is 21.9. The second-order valence-corrected chi connectivity index (χ2v) is 11.7. The minimum Gasteiger partial charge on any atom is -0.273 e. The van der Waals surface area contributed by atoms with Gasteiger partial charge in [0.1, 0.15) is 0 Å². The molecule has 7 nitrogen and oxygen atoms in total. The summed E-state index contributed by atoms with van der Waals surface area (Å²) in [6, 6.07) is 4.64. The van der Waals surface area contributed by atoms with Gasteiger partial charge in [-0.3, -0.25) is 25.1 Å². The number of amides is 2. The molecule has 6 rings (SSSR count). The number of halogens is 1. The second kappa shape index (κ2) is 7.67. The van der Waals surface area contributed by atoms with Crippen molar-refractivity contribution in [1.82, 2.24) is 10.4 Å². The number of hydrogen-bond acceptors (Lipinski definition) is 6. The maximum Gasteiger partial charge on any atom is 0.285 e. The lowest BCUT2D eigenvalue weighted by Crippen LogP contribution is -2.57. The molecular weight excluding hydrogens is 502 g/mol. The molecule has 1 N–H and O–H groups in total. The lowest BCUT2D eigenvalue weighted by Gasteiger charge is -2.55. The minimum absolute atomic E-state index is 0.0839. The summed E-state index contributed by atoms with van der Waals surface area (Å²) in [7, 11) is 0. The highest BCUT2D eigenvalue weighted by atomic mass is 79.9. The maximum atomic E-state index is 13.3. The van der Waals surface area contributed by atoms with E-state index in [1.807, 2.05) is 0 Å². The van der Waals surface area contributed by atoms with Crippen LogP contribution < -0.4 is 5.43 Å². The molecule has 1 saturated heterocycles. The molecule has 2 amide bonds. The number of nitrogens with one attached hydrogen (secondary N) is 1. The van der Waals surface area contributed by atoms with Crippen molar-refractivity contribution in [3.63, 3.8) is 0 Å². The van der Waals surface area contributed by atoms with Crippen LogP contribution in [0.1, 0.15) is 44.1 Å². The number of carbonyl (C=O) groups is 2. The van der Waals surface area contributed by atoms with Gasteiger partial charge in [0.25, 0.3) is 11.6 Å². The number of nitro benzene ring substituents is 1. The van der Waals surface area contributed by atoms with Gasteiger partial charge in [0, 0.05) is 6.07 Å². The van der Waals surface area contributed by atoms with Gasteiger partial charge in [0.2, 0.25) is 5.91 Å². The average molecular weight is 522 g/mol. The van der Waals surface area contributed by atoms with Crippen LogP contribution in [0, 0.1) is 33.3 Å². The van der Waals surface area contributed by atoms with Crippen LogP contribution >= 0.6 is 39.9 Å². The topological polar surface area (TPSA) is 92.5 Å². The standard InChI is InChI=1S/C21H20BrN3O4S2/c22-15-2-1-11(6-16(15)25(28)29)7-17-18(26)24(20(30)31-17)23-19(27)21-8-12-3-13(9-21)5-14(4-12)10-21/h1-2,6-7,12-14H,3-5,8-10H2,(H,23,27)/b17-7-. The monoisotopic (exact) mass is 521 g/mol. The van der Waals surface area contributed by atoms with E-state index in [0.29, 0.717) is 32.7 Å². The molecule has 4 saturated carbocycles. The van der Waals surface area contributed by atoms with Gasteiger partial charge in [0.05, 0.1) is 19.7 Å². The molecule has 31 heavy (non-hydrogen) atoms. The van der Waals surface area contributed by atoms with E-state index in [-0.39, 0.29) is 21.3 Å². The van der Waals surface area contributed by atoms with Gasteiger partial charge in [-0.05, 0) is 102 Å². The molecule has 0 radical (unpaired) electrons. The third-order valence-electron chi connectivity index (χ3n) is 6.99. The first kappa shape index (κ1) is 21.1. The Kier molecular flexibility index (Phi) is 5.22. The number of benzene rings is 1. The molecule has 1 aliphatic heterocycles. The fourth-order valence-corrected chi connectivity index (χ4v) is 7.65.